The summed E-state index contributed by atoms with van der Waals surface area (Å²) in [5, 5.41) is 8.80. The summed E-state index contributed by atoms with van der Waals surface area (Å²) in [6, 6.07) is 5.87. The van der Waals surface area contributed by atoms with E-state index in [9.17, 15) is 0 Å². The molecule has 0 spiro atoms. The minimum Gasteiger partial charge on any atom is -0.490 e. The molecule has 1 unspecified atom stereocenters. The van der Waals surface area contributed by atoms with Crippen molar-refractivity contribution in [3.05, 3.63) is 22.2 Å². The van der Waals surface area contributed by atoms with E-state index in [1.165, 1.54) is 0 Å². The van der Waals surface area contributed by atoms with Crippen LogP contribution in [0.15, 0.2) is 16.6 Å². The van der Waals surface area contributed by atoms with Gasteiger partial charge in [0, 0.05) is 0 Å². The van der Waals surface area contributed by atoms with Gasteiger partial charge in [-0.2, -0.15) is 5.26 Å². The number of nitriles is 1. The van der Waals surface area contributed by atoms with Crippen molar-refractivity contribution in [1.29, 1.82) is 5.26 Å². The second-order valence-electron chi connectivity index (χ2n) is 3.77. The maximum absolute atomic E-state index is 8.80. The van der Waals surface area contributed by atoms with Gasteiger partial charge in [0.15, 0.2) is 17.6 Å². The Morgan fingerprint density at radius 3 is 2.78 bits per heavy atom. The van der Waals surface area contributed by atoms with Gasteiger partial charge in [-0.15, -0.1) is 0 Å². The Bertz CT molecular complexity index is 443. The molecule has 98 valence electrons. The fraction of sp³-hybridized carbons (Fsp3) is 0.462. The minimum absolute atomic E-state index is 0.527. The quantitative estimate of drug-likeness (QED) is 0.876. The van der Waals surface area contributed by atoms with Gasteiger partial charge in [0.05, 0.1) is 11.1 Å². The number of nitrogens with two attached hydrogens (primary N) is 1. The molecule has 5 heteroatoms. The number of halogens is 1. The molecule has 0 aromatic heterocycles. The molecule has 0 radical (unpaired) electrons. The summed E-state index contributed by atoms with van der Waals surface area (Å²) < 4.78 is 11.9. The van der Waals surface area contributed by atoms with E-state index >= 15 is 0 Å². The number of nitrogens with zero attached hydrogens (tertiary/aromatic N) is 1. The third-order valence-electron chi connectivity index (χ3n) is 2.28. The molecule has 18 heavy (non-hydrogen) atoms. The van der Waals surface area contributed by atoms with Crippen LogP contribution in [0.5, 0.6) is 11.5 Å². The lowest BCUT2D eigenvalue weighted by Gasteiger charge is -2.16. The Morgan fingerprint density at radius 2 is 2.22 bits per heavy atom. The Hall–Kier alpha value is -1.25. The third-order valence-corrected chi connectivity index (χ3v) is 2.87. The number of hydrogen-bond acceptors (Lipinski definition) is 4. The van der Waals surface area contributed by atoms with E-state index in [2.05, 4.69) is 15.9 Å². The zero-order valence-electron chi connectivity index (χ0n) is 10.6. The van der Waals surface area contributed by atoms with Crippen LogP contribution in [0.1, 0.15) is 19.4 Å². The molecule has 0 aliphatic heterocycles. The highest BCUT2D eigenvalue weighted by Crippen LogP contribution is 2.37. The average molecular weight is 313 g/mol. The Labute approximate surface area is 116 Å². The molecular weight excluding hydrogens is 296 g/mol. The average Bonchev–Trinajstić information content (AvgIpc) is 2.34. The Morgan fingerprint density at radius 1 is 1.50 bits per heavy atom. The van der Waals surface area contributed by atoms with E-state index in [1.54, 1.807) is 6.92 Å². The lowest BCUT2D eigenvalue weighted by molar-refractivity contribution is 0.248. The second-order valence-corrected chi connectivity index (χ2v) is 4.62. The molecule has 2 N–H and O–H groups in total. The molecule has 0 aliphatic rings. The first-order valence-corrected chi connectivity index (χ1v) is 6.63. The highest BCUT2D eigenvalue weighted by molar-refractivity contribution is 9.10. The van der Waals surface area contributed by atoms with Gasteiger partial charge in [-0.05, 0) is 60.4 Å². The first-order valence-electron chi connectivity index (χ1n) is 5.83. The number of hydrogen-bond donors (Lipinski definition) is 1. The molecule has 1 aromatic rings. The fourth-order valence-electron chi connectivity index (χ4n) is 1.51. The van der Waals surface area contributed by atoms with Gasteiger partial charge in [0.2, 0.25) is 0 Å². The monoisotopic (exact) mass is 312 g/mol. The zero-order chi connectivity index (χ0) is 13.5. The number of rotatable bonds is 6. The van der Waals surface area contributed by atoms with Gasteiger partial charge in [-0.3, -0.25) is 0 Å². The summed E-state index contributed by atoms with van der Waals surface area (Å²) in [6.07, 6.45) is 0.244. The van der Waals surface area contributed by atoms with Crippen molar-refractivity contribution >= 4 is 15.9 Å². The number of benzene rings is 1. The molecule has 0 saturated carbocycles. The zero-order valence-corrected chi connectivity index (χ0v) is 12.2. The van der Waals surface area contributed by atoms with Crippen LogP contribution in [-0.4, -0.2) is 19.3 Å². The standard InChI is InChI=1S/C13H17BrN2O2/c1-3-17-12-7-10(4-5-15)6-11(14)13(12)18-9(2)8-16/h6-7,9H,3-5,15H2,1-2H3. The topological polar surface area (TPSA) is 68.3 Å². The van der Waals surface area contributed by atoms with Crippen molar-refractivity contribution in [3.63, 3.8) is 0 Å². The summed E-state index contributed by atoms with van der Waals surface area (Å²) in [5.74, 6) is 1.20. The maximum atomic E-state index is 8.80. The number of ether oxygens (including phenoxy) is 2. The summed E-state index contributed by atoms with van der Waals surface area (Å²) in [4.78, 5) is 0. The fourth-order valence-corrected chi connectivity index (χ4v) is 2.10. The van der Waals surface area contributed by atoms with Gasteiger partial charge in [-0.1, -0.05) is 0 Å². The van der Waals surface area contributed by atoms with Crippen LogP contribution in [0.4, 0.5) is 0 Å². The van der Waals surface area contributed by atoms with E-state index in [1.807, 2.05) is 25.1 Å². The predicted molar refractivity (Wildman–Crippen MR) is 73.8 cm³/mol. The van der Waals surface area contributed by atoms with Crippen molar-refractivity contribution in [3.8, 4) is 17.6 Å². The van der Waals surface area contributed by atoms with E-state index < -0.39 is 6.10 Å². The lowest BCUT2D eigenvalue weighted by Crippen LogP contribution is -2.11. The Balaban J connectivity index is 3.10. The first-order chi connectivity index (χ1) is 8.62. The summed E-state index contributed by atoms with van der Waals surface area (Å²) >= 11 is 3.44. The van der Waals surface area contributed by atoms with Crippen LogP contribution in [-0.2, 0) is 6.42 Å². The first kappa shape index (κ1) is 14.8. The van der Waals surface area contributed by atoms with Crippen molar-refractivity contribution in [1.82, 2.24) is 0 Å². The largest absolute Gasteiger partial charge is 0.490 e. The molecule has 0 aliphatic carbocycles. The van der Waals surface area contributed by atoms with E-state index in [0.29, 0.717) is 24.7 Å². The van der Waals surface area contributed by atoms with Gasteiger partial charge in [-0.25, -0.2) is 0 Å². The van der Waals surface area contributed by atoms with E-state index in [4.69, 9.17) is 20.5 Å². The molecular formula is C13H17BrN2O2. The van der Waals surface area contributed by atoms with Crippen LogP contribution < -0.4 is 15.2 Å². The van der Waals surface area contributed by atoms with E-state index in [-0.39, 0.29) is 0 Å². The van der Waals surface area contributed by atoms with E-state index in [0.717, 1.165) is 16.5 Å². The SMILES string of the molecule is CCOc1cc(CCN)cc(Br)c1OC(C)C#N. The van der Waals surface area contributed by atoms with Crippen molar-refractivity contribution < 1.29 is 9.47 Å². The Kier molecular flexibility index (Phi) is 5.96. The highest BCUT2D eigenvalue weighted by atomic mass is 79.9. The van der Waals surface area contributed by atoms with Crippen molar-refractivity contribution in [2.45, 2.75) is 26.4 Å². The maximum Gasteiger partial charge on any atom is 0.181 e. The van der Waals surface area contributed by atoms with Crippen molar-refractivity contribution in [2.24, 2.45) is 5.73 Å². The molecule has 4 nitrogen and oxygen atoms in total. The summed E-state index contributed by atoms with van der Waals surface area (Å²) in [5.41, 5.74) is 6.62. The summed E-state index contributed by atoms with van der Waals surface area (Å²) in [6.45, 7) is 4.71. The molecule has 0 fully saturated rings. The van der Waals surface area contributed by atoms with Crippen molar-refractivity contribution in [2.75, 3.05) is 13.2 Å². The normalized spacial score (nSPS) is 11.7. The summed E-state index contributed by atoms with van der Waals surface area (Å²) in [7, 11) is 0. The molecule has 0 saturated heterocycles. The third kappa shape index (κ3) is 3.90. The van der Waals surface area contributed by atoms with Crippen LogP contribution in [0.2, 0.25) is 0 Å². The second kappa shape index (κ2) is 7.24. The molecule has 0 bridgehead atoms. The van der Waals surface area contributed by atoms with Crippen LogP contribution in [0.25, 0.3) is 0 Å². The highest BCUT2D eigenvalue weighted by Gasteiger charge is 2.14. The molecule has 0 amide bonds. The van der Waals surface area contributed by atoms with Crippen LogP contribution >= 0.6 is 15.9 Å². The van der Waals surface area contributed by atoms with Gasteiger partial charge in [0.1, 0.15) is 6.07 Å². The van der Waals surface area contributed by atoms with Crippen LogP contribution in [0.3, 0.4) is 0 Å². The van der Waals surface area contributed by atoms with Crippen LogP contribution in [0, 0.1) is 11.3 Å². The minimum atomic E-state index is -0.527. The molecule has 1 aromatic carbocycles. The molecule has 1 rings (SSSR count). The lowest BCUT2D eigenvalue weighted by atomic mass is 10.1. The molecule has 0 heterocycles. The van der Waals surface area contributed by atoms with Gasteiger partial charge < -0.3 is 15.2 Å². The van der Waals surface area contributed by atoms with Gasteiger partial charge in [0.25, 0.3) is 0 Å². The molecule has 1 atom stereocenters. The predicted octanol–water partition coefficient (Wildman–Crippen LogP) is 2.64. The smallest absolute Gasteiger partial charge is 0.181 e. The van der Waals surface area contributed by atoms with Gasteiger partial charge >= 0.3 is 0 Å².